The van der Waals surface area contributed by atoms with E-state index in [1.807, 2.05) is 6.92 Å². The molecule has 4 heteroatoms. The Kier molecular flexibility index (Phi) is 12.4. The number of aliphatic hydroxyl groups is 1. The average molecular weight is 793 g/mol. The van der Waals surface area contributed by atoms with Gasteiger partial charge in [-0.2, -0.15) is 0 Å². The zero-order valence-electron chi connectivity index (χ0n) is 40.5. The molecule has 320 valence electrons. The van der Waals surface area contributed by atoms with Crippen LogP contribution in [0.4, 0.5) is 0 Å². The Labute approximate surface area is 353 Å². The highest BCUT2D eigenvalue weighted by atomic mass is 16.3. The molecule has 0 fully saturated rings. The SMILES string of the molecule is CC1=C(Cc2cc(C(C)(C)C)c(O)c(C(C)(C)C)c2)C(C)(O)C(Cc2cc(C(C)(C)C)c(O)c(C(C)(C)C)c2)C(C)=C1Cc1cc(C(C)(C)C)c(O)c(C(C)(C)C)c1. The van der Waals surface area contributed by atoms with Crippen molar-refractivity contribution in [2.45, 2.75) is 203 Å². The number of phenols is 3. The van der Waals surface area contributed by atoms with Crippen LogP contribution in [0.15, 0.2) is 58.7 Å². The van der Waals surface area contributed by atoms with Crippen LogP contribution in [-0.4, -0.2) is 26.0 Å². The Morgan fingerprint density at radius 3 is 0.983 bits per heavy atom. The highest BCUT2D eigenvalue weighted by molar-refractivity contribution is 5.57. The lowest BCUT2D eigenvalue weighted by Gasteiger charge is -2.43. The summed E-state index contributed by atoms with van der Waals surface area (Å²) in [5.74, 6) is 0.832. The molecule has 0 saturated heterocycles. The second-order valence-corrected chi connectivity index (χ2v) is 24.1. The largest absolute Gasteiger partial charge is 0.507 e. The number of hydrogen-bond donors (Lipinski definition) is 4. The number of allylic oxidation sites excluding steroid dienone is 2. The van der Waals surface area contributed by atoms with Crippen molar-refractivity contribution >= 4 is 0 Å². The standard InChI is InChI=1S/C54H80O4/c1-31-36(22-33-25-39(48(3,4)5)45(55)40(26-33)49(6,7)8)32(2)38(24-35-29-43(52(15,16)17)47(57)44(30-35)53(18,19)20)54(21,58)37(31)23-34-27-41(50(9,10)11)46(56)42(28-34)51(12,13)14/h25-30,37,55-58H,22-24H2,1-21H3. The van der Waals surface area contributed by atoms with E-state index in [0.29, 0.717) is 36.5 Å². The lowest BCUT2D eigenvalue weighted by molar-refractivity contribution is 0.0437. The van der Waals surface area contributed by atoms with E-state index >= 15 is 0 Å². The van der Waals surface area contributed by atoms with Gasteiger partial charge in [0.2, 0.25) is 0 Å². The monoisotopic (exact) mass is 793 g/mol. The molecule has 0 spiro atoms. The summed E-state index contributed by atoms with van der Waals surface area (Å²) >= 11 is 0. The van der Waals surface area contributed by atoms with Gasteiger partial charge in [0, 0.05) is 5.92 Å². The maximum Gasteiger partial charge on any atom is 0.123 e. The maximum atomic E-state index is 13.2. The fourth-order valence-corrected chi connectivity index (χ4v) is 9.11. The van der Waals surface area contributed by atoms with Crippen molar-refractivity contribution in [2.75, 3.05) is 0 Å². The quantitative estimate of drug-likeness (QED) is 0.200. The van der Waals surface area contributed by atoms with E-state index in [1.165, 1.54) is 5.57 Å². The highest BCUT2D eigenvalue weighted by Gasteiger charge is 2.43. The summed E-state index contributed by atoms with van der Waals surface area (Å²) in [5, 5.41) is 48.1. The van der Waals surface area contributed by atoms with E-state index in [9.17, 15) is 20.4 Å². The minimum absolute atomic E-state index is 0.256. The third-order valence-electron chi connectivity index (χ3n) is 12.8. The number of rotatable bonds is 6. The third-order valence-corrected chi connectivity index (χ3v) is 12.8. The predicted octanol–water partition coefficient (Wildman–Crippen LogP) is 13.6. The molecule has 1 aliphatic rings. The van der Waals surface area contributed by atoms with Gasteiger partial charge in [-0.25, -0.2) is 0 Å². The summed E-state index contributed by atoms with van der Waals surface area (Å²) in [4.78, 5) is 0. The number of hydrogen-bond acceptors (Lipinski definition) is 4. The van der Waals surface area contributed by atoms with E-state index < -0.39 is 5.60 Å². The third kappa shape index (κ3) is 9.59. The van der Waals surface area contributed by atoms with Gasteiger partial charge in [-0.1, -0.05) is 167 Å². The topological polar surface area (TPSA) is 80.9 Å². The minimum Gasteiger partial charge on any atom is -0.507 e. The van der Waals surface area contributed by atoms with Gasteiger partial charge in [0.15, 0.2) is 0 Å². The Morgan fingerprint density at radius 2 is 0.707 bits per heavy atom. The van der Waals surface area contributed by atoms with Crippen LogP contribution in [0, 0.1) is 5.92 Å². The van der Waals surface area contributed by atoms with Crippen LogP contribution in [0.2, 0.25) is 0 Å². The summed E-state index contributed by atoms with van der Waals surface area (Å²) in [6.07, 6.45) is 1.79. The molecule has 0 amide bonds. The lowest BCUT2D eigenvalue weighted by Crippen LogP contribution is -2.43. The van der Waals surface area contributed by atoms with E-state index in [-0.39, 0.29) is 38.4 Å². The zero-order valence-corrected chi connectivity index (χ0v) is 40.5. The van der Waals surface area contributed by atoms with E-state index in [4.69, 9.17) is 0 Å². The zero-order chi connectivity index (χ0) is 44.7. The second-order valence-electron chi connectivity index (χ2n) is 24.1. The fraction of sp³-hybridized carbons (Fsp3) is 0.593. The first-order chi connectivity index (χ1) is 25.9. The molecule has 1 aliphatic carbocycles. The molecule has 0 aliphatic heterocycles. The Balaban J connectivity index is 2.07. The van der Waals surface area contributed by atoms with Crippen molar-refractivity contribution in [3.05, 3.63) is 109 Å². The summed E-state index contributed by atoms with van der Waals surface area (Å²) in [7, 11) is 0. The van der Waals surface area contributed by atoms with Gasteiger partial charge in [0.05, 0.1) is 5.60 Å². The summed E-state index contributed by atoms with van der Waals surface area (Å²) in [6.45, 7) is 45.1. The molecule has 0 heterocycles. The first-order valence-corrected chi connectivity index (χ1v) is 21.6. The van der Waals surface area contributed by atoms with Crippen LogP contribution in [0.25, 0.3) is 0 Å². The van der Waals surface area contributed by atoms with Crippen LogP contribution < -0.4 is 0 Å². The van der Waals surface area contributed by atoms with Crippen molar-refractivity contribution < 1.29 is 20.4 Å². The van der Waals surface area contributed by atoms with Crippen molar-refractivity contribution in [2.24, 2.45) is 5.92 Å². The van der Waals surface area contributed by atoms with E-state index in [1.54, 1.807) is 0 Å². The molecule has 0 bridgehead atoms. The number of benzene rings is 3. The van der Waals surface area contributed by atoms with Crippen molar-refractivity contribution in [1.29, 1.82) is 0 Å². The van der Waals surface area contributed by atoms with Crippen LogP contribution >= 0.6 is 0 Å². The molecular formula is C54H80O4. The first kappa shape index (κ1) is 47.2. The molecule has 2 atom stereocenters. The van der Waals surface area contributed by atoms with Crippen LogP contribution in [-0.2, 0) is 51.8 Å². The van der Waals surface area contributed by atoms with Crippen molar-refractivity contribution in [3.63, 3.8) is 0 Å². The first-order valence-electron chi connectivity index (χ1n) is 21.6. The lowest BCUT2D eigenvalue weighted by atomic mass is 9.65. The molecule has 4 nitrogen and oxygen atoms in total. The van der Waals surface area contributed by atoms with Crippen LogP contribution in [0.5, 0.6) is 17.2 Å². The normalized spacial score (nSPS) is 19.0. The smallest absolute Gasteiger partial charge is 0.123 e. The minimum atomic E-state index is -1.21. The number of aromatic hydroxyl groups is 3. The summed E-state index contributed by atoms with van der Waals surface area (Å²) < 4.78 is 0. The second kappa shape index (κ2) is 15.2. The average Bonchev–Trinajstić information content (AvgIpc) is 3.02. The van der Waals surface area contributed by atoms with Crippen LogP contribution in [0.3, 0.4) is 0 Å². The van der Waals surface area contributed by atoms with E-state index in [2.05, 4.69) is 175 Å². The highest BCUT2D eigenvalue weighted by Crippen LogP contribution is 2.49. The van der Waals surface area contributed by atoms with Gasteiger partial charge in [-0.3, -0.25) is 0 Å². The summed E-state index contributed by atoms with van der Waals surface area (Å²) in [6, 6.07) is 13.0. The number of phenolic OH excluding ortho intramolecular Hbond substituents is 3. The molecule has 3 aromatic carbocycles. The fourth-order valence-electron chi connectivity index (χ4n) is 9.11. The van der Waals surface area contributed by atoms with Crippen LogP contribution in [0.1, 0.15) is 195 Å². The maximum absolute atomic E-state index is 13.2. The van der Waals surface area contributed by atoms with Gasteiger partial charge in [0.1, 0.15) is 17.2 Å². The predicted molar refractivity (Wildman–Crippen MR) is 247 cm³/mol. The molecule has 58 heavy (non-hydrogen) atoms. The molecule has 3 aromatic rings. The molecule has 4 N–H and O–H groups in total. The van der Waals surface area contributed by atoms with Crippen molar-refractivity contribution in [1.82, 2.24) is 0 Å². The Bertz CT molecular complexity index is 2000. The van der Waals surface area contributed by atoms with Gasteiger partial charge >= 0.3 is 0 Å². The Morgan fingerprint density at radius 1 is 0.448 bits per heavy atom. The molecule has 0 radical (unpaired) electrons. The van der Waals surface area contributed by atoms with Crippen molar-refractivity contribution in [3.8, 4) is 17.2 Å². The molecule has 2 unspecified atom stereocenters. The van der Waals surface area contributed by atoms with Gasteiger partial charge in [-0.05, 0) is 139 Å². The van der Waals surface area contributed by atoms with Gasteiger partial charge in [-0.15, -0.1) is 0 Å². The molecular weight excluding hydrogens is 713 g/mol. The van der Waals surface area contributed by atoms with Gasteiger partial charge in [0.25, 0.3) is 0 Å². The molecule has 0 saturated carbocycles. The molecule has 4 rings (SSSR count). The molecule has 0 aromatic heterocycles. The summed E-state index contributed by atoms with van der Waals surface area (Å²) in [5.41, 5.74) is 10.4. The van der Waals surface area contributed by atoms with Gasteiger partial charge < -0.3 is 20.4 Å². The Hall–Kier alpha value is -3.50. The van der Waals surface area contributed by atoms with E-state index in [0.717, 1.165) is 66.8 Å².